The van der Waals surface area contributed by atoms with Crippen LogP contribution in [0.3, 0.4) is 0 Å². The van der Waals surface area contributed by atoms with Gasteiger partial charge in [0.25, 0.3) is 11.5 Å². The van der Waals surface area contributed by atoms with Crippen LogP contribution >= 0.6 is 0 Å². The highest BCUT2D eigenvalue weighted by Gasteiger charge is 2.22. The van der Waals surface area contributed by atoms with Crippen LogP contribution in [0.1, 0.15) is 17.3 Å². The van der Waals surface area contributed by atoms with Crippen LogP contribution in [0.25, 0.3) is 32.9 Å². The molecule has 0 radical (unpaired) electrons. The number of anilines is 3. The zero-order valence-corrected chi connectivity index (χ0v) is 24.0. The Balaban J connectivity index is 1.21. The van der Waals surface area contributed by atoms with Crippen LogP contribution in [0.15, 0.2) is 59.8 Å². The molecule has 2 aliphatic rings. The molecule has 0 saturated carbocycles. The number of aromatic nitrogens is 5. The Labute approximate surface area is 247 Å². The van der Waals surface area contributed by atoms with Crippen molar-refractivity contribution in [1.82, 2.24) is 34.9 Å². The third kappa shape index (κ3) is 5.30. The second-order valence-electron chi connectivity index (χ2n) is 10.8. The van der Waals surface area contributed by atoms with Gasteiger partial charge in [-0.05, 0) is 48.3 Å². The quantitative estimate of drug-likeness (QED) is 0.277. The number of morpholine rings is 1. The molecule has 6 heterocycles. The molecule has 0 aliphatic carbocycles. The van der Waals surface area contributed by atoms with Gasteiger partial charge >= 0.3 is 0 Å². The molecule has 1 aromatic carbocycles. The van der Waals surface area contributed by atoms with E-state index in [2.05, 4.69) is 42.2 Å². The normalized spacial score (nSPS) is 16.2. The number of nitrogens with one attached hydrogen (secondary N) is 3. The third-order valence-electron chi connectivity index (χ3n) is 8.26. The lowest BCUT2D eigenvalue weighted by Gasteiger charge is -2.34. The number of fused-ring (bicyclic) bond motifs is 2. The van der Waals surface area contributed by atoms with Crippen LogP contribution in [-0.4, -0.2) is 99.9 Å². The molecule has 4 aromatic heterocycles. The predicted octanol–water partition coefficient (Wildman–Crippen LogP) is 3.22. The van der Waals surface area contributed by atoms with Crippen LogP contribution in [0, 0.1) is 0 Å². The van der Waals surface area contributed by atoms with E-state index in [0.717, 1.165) is 60.5 Å². The monoisotopic (exact) mass is 579 g/mol. The van der Waals surface area contributed by atoms with E-state index in [1.54, 1.807) is 29.6 Å². The minimum atomic E-state index is -0.246. The van der Waals surface area contributed by atoms with E-state index in [1.165, 1.54) is 0 Å². The van der Waals surface area contributed by atoms with Crippen molar-refractivity contribution in [2.45, 2.75) is 6.92 Å². The van der Waals surface area contributed by atoms with Crippen molar-refractivity contribution in [2.75, 3.05) is 69.2 Å². The summed E-state index contributed by atoms with van der Waals surface area (Å²) in [5.41, 5.74) is 3.18. The smallest absolute Gasteiger partial charge is 0.259 e. The lowest BCUT2D eigenvalue weighted by atomic mass is 10.1. The number of ether oxygens (including phenoxy) is 1. The number of piperazine rings is 1. The van der Waals surface area contributed by atoms with Gasteiger partial charge in [-0.3, -0.25) is 19.7 Å². The summed E-state index contributed by atoms with van der Waals surface area (Å²) in [5.74, 6) is 1.28. The summed E-state index contributed by atoms with van der Waals surface area (Å²) in [6, 6.07) is 11.5. The molecular formula is C31H33N9O3. The second kappa shape index (κ2) is 11.5. The molecule has 0 unspecified atom stereocenters. The summed E-state index contributed by atoms with van der Waals surface area (Å²) < 4.78 is 5.39. The van der Waals surface area contributed by atoms with Crippen molar-refractivity contribution < 1.29 is 9.53 Å². The molecule has 43 heavy (non-hydrogen) atoms. The fraction of sp³-hybridized carbons (Fsp3) is 0.323. The van der Waals surface area contributed by atoms with Crippen LogP contribution in [0.4, 0.5) is 17.3 Å². The number of carbonyl (C=O) groups excluding carboxylic acids is 1. The molecule has 12 nitrogen and oxygen atoms in total. The minimum Gasteiger partial charge on any atom is -0.378 e. The van der Waals surface area contributed by atoms with E-state index >= 15 is 0 Å². The first-order valence-corrected chi connectivity index (χ1v) is 14.6. The van der Waals surface area contributed by atoms with E-state index in [-0.39, 0.29) is 11.5 Å². The molecule has 0 bridgehead atoms. The summed E-state index contributed by atoms with van der Waals surface area (Å²) >= 11 is 0. The number of benzene rings is 1. The molecule has 12 heteroatoms. The highest BCUT2D eigenvalue weighted by Crippen LogP contribution is 2.31. The molecule has 220 valence electrons. The van der Waals surface area contributed by atoms with Crippen molar-refractivity contribution in [2.24, 2.45) is 0 Å². The van der Waals surface area contributed by atoms with Crippen molar-refractivity contribution in [1.29, 1.82) is 0 Å². The van der Waals surface area contributed by atoms with E-state index in [4.69, 9.17) is 9.72 Å². The molecule has 0 spiro atoms. The fourth-order valence-corrected chi connectivity index (χ4v) is 5.84. The summed E-state index contributed by atoms with van der Waals surface area (Å²) in [5, 5.41) is 13.4. The number of hydrogen-bond donors (Lipinski definition) is 3. The van der Waals surface area contributed by atoms with E-state index in [9.17, 15) is 9.59 Å². The Morgan fingerprint density at radius 1 is 1.02 bits per heavy atom. The van der Waals surface area contributed by atoms with Crippen molar-refractivity contribution in [3.05, 3.63) is 70.9 Å². The maximum Gasteiger partial charge on any atom is 0.259 e. The van der Waals surface area contributed by atoms with E-state index in [1.807, 2.05) is 30.3 Å². The summed E-state index contributed by atoms with van der Waals surface area (Å²) in [6.07, 6.45) is 4.87. The lowest BCUT2D eigenvalue weighted by molar-refractivity contribution is 0.0302. The average molecular weight is 580 g/mol. The number of H-pyrrole nitrogens is 2. The van der Waals surface area contributed by atoms with Crippen LogP contribution < -0.4 is 15.8 Å². The van der Waals surface area contributed by atoms with Crippen molar-refractivity contribution >= 4 is 44.9 Å². The van der Waals surface area contributed by atoms with Gasteiger partial charge in [-0.25, -0.2) is 4.98 Å². The van der Waals surface area contributed by atoms with Crippen LogP contribution in [0.5, 0.6) is 0 Å². The van der Waals surface area contributed by atoms with Gasteiger partial charge < -0.3 is 29.7 Å². The number of aromatic amines is 2. The maximum atomic E-state index is 13.1. The largest absolute Gasteiger partial charge is 0.378 e. The van der Waals surface area contributed by atoms with Gasteiger partial charge in [0, 0.05) is 74.5 Å². The van der Waals surface area contributed by atoms with E-state index in [0.29, 0.717) is 54.3 Å². The number of carbonyl (C=O) groups is 1. The summed E-state index contributed by atoms with van der Waals surface area (Å²) in [4.78, 5) is 44.6. The Hall–Kier alpha value is -4.81. The number of amides is 1. The molecule has 2 aliphatic heterocycles. The first kappa shape index (κ1) is 27.0. The van der Waals surface area contributed by atoms with Crippen LogP contribution in [-0.2, 0) is 4.74 Å². The first-order valence-electron chi connectivity index (χ1n) is 14.6. The molecule has 0 atom stereocenters. The topological polar surface area (TPSA) is 135 Å². The second-order valence-corrected chi connectivity index (χ2v) is 10.8. The average Bonchev–Trinajstić information content (AvgIpc) is 3.48. The number of pyridine rings is 3. The molecule has 3 N–H and O–H groups in total. The lowest BCUT2D eigenvalue weighted by Crippen LogP contribution is -2.46. The molecule has 2 fully saturated rings. The number of hydrogen-bond acceptors (Lipinski definition) is 9. The number of likely N-dealkylation sites (N-methyl/N-ethyl adjacent to an activating group) is 1. The van der Waals surface area contributed by atoms with Crippen molar-refractivity contribution in [3.8, 4) is 11.3 Å². The Kier molecular flexibility index (Phi) is 7.21. The molecular weight excluding hydrogens is 546 g/mol. The molecule has 2 saturated heterocycles. The fourth-order valence-electron chi connectivity index (χ4n) is 5.84. The predicted molar refractivity (Wildman–Crippen MR) is 166 cm³/mol. The third-order valence-corrected chi connectivity index (χ3v) is 8.26. The molecule has 5 aromatic rings. The van der Waals surface area contributed by atoms with Crippen LogP contribution in [0.2, 0.25) is 0 Å². The summed E-state index contributed by atoms with van der Waals surface area (Å²) in [7, 11) is 0. The minimum absolute atomic E-state index is 0.0901. The SMILES string of the molecule is CCN1CCN(c2n[nH]c3cc(Nc4nc(-c5cncc(C(=O)N6CCOCC6)c5)cc5cc[nH]c(=O)c45)ccc23)CC1. The molecule has 1 amide bonds. The Morgan fingerprint density at radius 3 is 2.67 bits per heavy atom. The van der Waals surface area contributed by atoms with Gasteiger partial charge in [0.2, 0.25) is 0 Å². The standard InChI is InChI=1S/C31H33N9O3/c1-2-38-7-9-39(10-8-38)29-24-4-3-23(17-26(24)36-37-29)34-28-27-20(5-6-33-30(27)41)16-25(35-28)21-15-22(19-32-18-21)31(42)40-11-13-43-14-12-40/h3-6,15-19H,2,7-14H2,1H3,(H,33,41)(H,34,35)(H,36,37). The van der Waals surface area contributed by atoms with Gasteiger partial charge in [-0.2, -0.15) is 5.10 Å². The first-order chi connectivity index (χ1) is 21.1. The van der Waals surface area contributed by atoms with Gasteiger partial charge in [0.05, 0.1) is 35.4 Å². The Morgan fingerprint density at radius 2 is 1.86 bits per heavy atom. The number of nitrogens with zero attached hydrogens (tertiary/aromatic N) is 6. The van der Waals surface area contributed by atoms with Gasteiger partial charge in [0.1, 0.15) is 5.82 Å². The van der Waals surface area contributed by atoms with Gasteiger partial charge in [0.15, 0.2) is 5.82 Å². The highest BCUT2D eigenvalue weighted by atomic mass is 16.5. The van der Waals surface area contributed by atoms with Gasteiger partial charge in [-0.15, -0.1) is 0 Å². The highest BCUT2D eigenvalue weighted by molar-refractivity contribution is 5.98. The van der Waals surface area contributed by atoms with Crippen molar-refractivity contribution in [3.63, 3.8) is 0 Å². The maximum absolute atomic E-state index is 13.1. The molecule has 7 rings (SSSR count). The Bertz CT molecular complexity index is 1850. The summed E-state index contributed by atoms with van der Waals surface area (Å²) in [6.45, 7) is 9.31. The zero-order valence-electron chi connectivity index (χ0n) is 24.0. The zero-order chi connectivity index (χ0) is 29.3. The van der Waals surface area contributed by atoms with Gasteiger partial charge in [-0.1, -0.05) is 6.92 Å². The van der Waals surface area contributed by atoms with E-state index < -0.39 is 0 Å². The number of rotatable bonds is 6.